The third-order valence-electron chi connectivity index (χ3n) is 5.83. The normalized spacial score (nSPS) is 18.3. The quantitative estimate of drug-likeness (QED) is 0.658. The molecule has 3 amide bonds. The maximum absolute atomic E-state index is 12.7. The second-order valence-corrected chi connectivity index (χ2v) is 9.83. The van der Waals surface area contributed by atoms with E-state index in [1.165, 1.54) is 11.4 Å². The van der Waals surface area contributed by atoms with Crippen LogP contribution in [0.25, 0.3) is 0 Å². The number of carbonyl (C=O) groups excluding carboxylic acids is 3. The average Bonchev–Trinajstić information content (AvgIpc) is 2.83. The fourth-order valence-corrected chi connectivity index (χ4v) is 5.38. The number of nitrogens with one attached hydrogen (secondary N) is 1. The molecule has 10 nitrogen and oxygen atoms in total. The molecule has 0 spiro atoms. The Morgan fingerprint density at radius 3 is 2.16 bits per heavy atom. The van der Waals surface area contributed by atoms with Gasteiger partial charge in [0.25, 0.3) is 0 Å². The highest BCUT2D eigenvalue weighted by atomic mass is 32.2. The molecule has 1 N–H and O–H groups in total. The number of benzene rings is 1. The smallest absolute Gasteiger partial charge is 0.409 e. The summed E-state index contributed by atoms with van der Waals surface area (Å²) in [7, 11) is -2.22. The lowest BCUT2D eigenvalue weighted by Gasteiger charge is -2.34. The molecule has 0 aromatic heterocycles. The van der Waals surface area contributed by atoms with Crippen LogP contribution in [-0.2, 0) is 24.3 Å². The number of sulfonamides is 1. The van der Waals surface area contributed by atoms with Crippen LogP contribution in [0.5, 0.6) is 0 Å². The van der Waals surface area contributed by atoms with Crippen molar-refractivity contribution in [3.8, 4) is 0 Å². The first-order valence-electron chi connectivity index (χ1n) is 10.8. The topological polar surface area (TPSA) is 116 Å². The highest BCUT2D eigenvalue weighted by molar-refractivity contribution is 7.89. The molecule has 176 valence electrons. The van der Waals surface area contributed by atoms with Crippen molar-refractivity contribution in [2.75, 3.05) is 46.4 Å². The lowest BCUT2D eigenvalue weighted by molar-refractivity contribution is -0.134. The van der Waals surface area contributed by atoms with E-state index in [4.69, 9.17) is 4.74 Å². The molecule has 2 heterocycles. The van der Waals surface area contributed by atoms with E-state index >= 15 is 0 Å². The minimum atomic E-state index is -3.57. The number of hydrogen-bond acceptors (Lipinski definition) is 6. The van der Waals surface area contributed by atoms with Gasteiger partial charge < -0.3 is 19.9 Å². The lowest BCUT2D eigenvalue weighted by atomic mass is 10.1. The number of piperazine rings is 1. The number of amides is 3. The van der Waals surface area contributed by atoms with Gasteiger partial charge in [0.15, 0.2) is 0 Å². The maximum atomic E-state index is 12.7. The van der Waals surface area contributed by atoms with Crippen LogP contribution < -0.4 is 5.32 Å². The second kappa shape index (κ2) is 10.8. The van der Waals surface area contributed by atoms with E-state index in [1.54, 1.807) is 40.1 Å². The molecule has 0 atom stereocenters. The van der Waals surface area contributed by atoms with Gasteiger partial charge in [-0.1, -0.05) is 18.2 Å². The molecule has 0 aliphatic carbocycles. The summed E-state index contributed by atoms with van der Waals surface area (Å²) >= 11 is 0. The van der Waals surface area contributed by atoms with Crippen molar-refractivity contribution in [1.29, 1.82) is 0 Å². The number of hydrogen-bond donors (Lipinski definition) is 1. The zero-order chi connectivity index (χ0) is 23.1. The SMILES string of the molecule is COC(=O)N1CCC(NC(=O)CCC(=O)N2CCN(S(=O)(=O)c3ccccc3)CC2)CC1. The van der Waals surface area contributed by atoms with E-state index in [0.29, 0.717) is 39.0 Å². The van der Waals surface area contributed by atoms with Crippen LogP contribution in [0.4, 0.5) is 4.79 Å². The van der Waals surface area contributed by atoms with E-state index in [9.17, 15) is 22.8 Å². The summed E-state index contributed by atoms with van der Waals surface area (Å²) in [5.74, 6) is -0.349. The number of methoxy groups -OCH3 is 1. The van der Waals surface area contributed by atoms with Gasteiger partial charge in [-0.3, -0.25) is 9.59 Å². The fourth-order valence-electron chi connectivity index (χ4n) is 3.93. The molecule has 2 fully saturated rings. The predicted molar refractivity (Wildman–Crippen MR) is 116 cm³/mol. The van der Waals surface area contributed by atoms with Gasteiger partial charge in [-0.05, 0) is 25.0 Å². The molecule has 1 aromatic rings. The third kappa shape index (κ3) is 5.98. The maximum Gasteiger partial charge on any atom is 0.409 e. The number of rotatable bonds is 6. The Balaban J connectivity index is 1.38. The number of ether oxygens (including phenoxy) is 1. The van der Waals surface area contributed by atoms with Crippen molar-refractivity contribution in [1.82, 2.24) is 19.4 Å². The Kier molecular flexibility index (Phi) is 8.08. The van der Waals surface area contributed by atoms with Gasteiger partial charge in [0.2, 0.25) is 21.8 Å². The average molecular weight is 467 g/mol. The Hall–Kier alpha value is -2.66. The summed E-state index contributed by atoms with van der Waals surface area (Å²) in [5, 5.41) is 2.92. The van der Waals surface area contributed by atoms with Crippen LogP contribution in [-0.4, -0.2) is 92.9 Å². The zero-order valence-corrected chi connectivity index (χ0v) is 19.1. The van der Waals surface area contributed by atoms with Crippen LogP contribution in [0.2, 0.25) is 0 Å². The van der Waals surface area contributed by atoms with Gasteiger partial charge in [0.05, 0.1) is 12.0 Å². The van der Waals surface area contributed by atoms with E-state index in [-0.39, 0.29) is 54.8 Å². The molecule has 1 aromatic carbocycles. The number of likely N-dealkylation sites (tertiary alicyclic amines) is 1. The number of nitrogens with zero attached hydrogens (tertiary/aromatic N) is 3. The molecule has 0 unspecified atom stereocenters. The lowest BCUT2D eigenvalue weighted by Crippen LogP contribution is -2.50. The molecule has 0 saturated carbocycles. The molecule has 0 bridgehead atoms. The van der Waals surface area contributed by atoms with Crippen LogP contribution in [0.15, 0.2) is 35.2 Å². The third-order valence-corrected chi connectivity index (χ3v) is 7.74. The van der Waals surface area contributed by atoms with E-state index < -0.39 is 10.0 Å². The minimum absolute atomic E-state index is 0.0229. The van der Waals surface area contributed by atoms with Crippen molar-refractivity contribution in [3.05, 3.63) is 30.3 Å². The Bertz CT molecular complexity index is 907. The van der Waals surface area contributed by atoms with E-state index in [1.807, 2.05) is 0 Å². The zero-order valence-electron chi connectivity index (χ0n) is 18.2. The van der Waals surface area contributed by atoms with Gasteiger partial charge in [-0.2, -0.15) is 4.31 Å². The van der Waals surface area contributed by atoms with Crippen LogP contribution in [0.1, 0.15) is 25.7 Å². The van der Waals surface area contributed by atoms with Crippen LogP contribution in [0, 0.1) is 0 Å². The van der Waals surface area contributed by atoms with Gasteiger partial charge in [0.1, 0.15) is 0 Å². The standard InChI is InChI=1S/C21H30N4O6S/c1-31-21(28)24-11-9-17(10-12-24)22-19(26)7-8-20(27)23-13-15-25(16-14-23)32(29,30)18-5-3-2-4-6-18/h2-6,17H,7-16H2,1H3,(H,22,26). The highest BCUT2D eigenvalue weighted by Gasteiger charge is 2.30. The van der Waals surface area contributed by atoms with Crippen molar-refractivity contribution >= 4 is 27.9 Å². The molecule has 2 aliphatic rings. The number of piperidine rings is 1. The summed E-state index contributed by atoms with van der Waals surface area (Å²) in [6.07, 6.45) is 1.09. The summed E-state index contributed by atoms with van der Waals surface area (Å²) < 4.78 is 31.5. The first kappa shape index (κ1) is 24.0. The molecule has 32 heavy (non-hydrogen) atoms. The number of carbonyl (C=O) groups is 3. The molecule has 2 aliphatic heterocycles. The first-order chi connectivity index (χ1) is 15.3. The minimum Gasteiger partial charge on any atom is -0.453 e. The first-order valence-corrected chi connectivity index (χ1v) is 12.2. The van der Waals surface area contributed by atoms with Crippen LogP contribution in [0.3, 0.4) is 0 Å². The summed E-state index contributed by atoms with van der Waals surface area (Å²) in [4.78, 5) is 39.7. The van der Waals surface area contributed by atoms with Crippen molar-refractivity contribution in [3.63, 3.8) is 0 Å². The largest absolute Gasteiger partial charge is 0.453 e. The Labute approximate surface area is 188 Å². The fraction of sp³-hybridized carbons (Fsp3) is 0.571. The summed E-state index contributed by atoms with van der Waals surface area (Å²) in [6, 6.07) is 8.22. The molecule has 11 heteroatoms. The van der Waals surface area contributed by atoms with Gasteiger partial charge in [-0.15, -0.1) is 0 Å². The summed E-state index contributed by atoms with van der Waals surface area (Å²) in [6.45, 7) is 2.11. The molecule has 2 saturated heterocycles. The van der Waals surface area contributed by atoms with Crippen molar-refractivity contribution < 1.29 is 27.5 Å². The molecule has 3 rings (SSSR count). The van der Waals surface area contributed by atoms with E-state index in [0.717, 1.165) is 0 Å². The van der Waals surface area contributed by atoms with Gasteiger partial charge >= 0.3 is 6.09 Å². The highest BCUT2D eigenvalue weighted by Crippen LogP contribution is 2.18. The predicted octanol–water partition coefficient (Wildman–Crippen LogP) is 0.647. The molecular weight excluding hydrogens is 436 g/mol. The van der Waals surface area contributed by atoms with Gasteiger partial charge in [0, 0.05) is 58.2 Å². The van der Waals surface area contributed by atoms with Crippen LogP contribution >= 0.6 is 0 Å². The van der Waals surface area contributed by atoms with Crippen molar-refractivity contribution in [2.24, 2.45) is 0 Å². The second-order valence-electron chi connectivity index (χ2n) is 7.90. The Morgan fingerprint density at radius 1 is 0.938 bits per heavy atom. The monoisotopic (exact) mass is 466 g/mol. The van der Waals surface area contributed by atoms with Gasteiger partial charge in [-0.25, -0.2) is 13.2 Å². The molecule has 0 radical (unpaired) electrons. The molecular formula is C21H30N4O6S. The van der Waals surface area contributed by atoms with E-state index in [2.05, 4.69) is 5.32 Å². The summed E-state index contributed by atoms with van der Waals surface area (Å²) in [5.41, 5.74) is 0. The van der Waals surface area contributed by atoms with Crippen molar-refractivity contribution in [2.45, 2.75) is 36.6 Å². The Morgan fingerprint density at radius 2 is 1.56 bits per heavy atom.